The zero-order valence-electron chi connectivity index (χ0n) is 15.4. The van der Waals surface area contributed by atoms with E-state index in [-0.39, 0.29) is 11.9 Å². The van der Waals surface area contributed by atoms with Crippen LogP contribution in [0.25, 0.3) is 0 Å². The normalized spacial score (nSPS) is 16.1. The first-order valence-electron chi connectivity index (χ1n) is 9.00. The van der Waals surface area contributed by atoms with E-state index in [2.05, 4.69) is 27.0 Å². The number of thiophene rings is 1. The van der Waals surface area contributed by atoms with E-state index in [1.807, 2.05) is 0 Å². The summed E-state index contributed by atoms with van der Waals surface area (Å²) in [6, 6.07) is 7.72. The van der Waals surface area contributed by atoms with Crippen LogP contribution in [0.15, 0.2) is 35.0 Å². The third-order valence-corrected chi connectivity index (χ3v) is 5.56. The van der Waals surface area contributed by atoms with Crippen molar-refractivity contribution < 1.29 is 14.3 Å². The number of amides is 1. The number of para-hydroxylation sites is 1. The molecule has 0 saturated carbocycles. The molecule has 2 aromatic rings. The number of nitrogens with zero attached hydrogens (tertiary/aromatic N) is 1. The number of hydrogen-bond donors (Lipinski definition) is 1. The molecule has 0 spiro atoms. The number of ether oxygens (including phenoxy) is 2. The Morgan fingerprint density at radius 2 is 2.00 bits per heavy atom. The zero-order chi connectivity index (χ0) is 18.4. The van der Waals surface area contributed by atoms with Gasteiger partial charge in [-0.1, -0.05) is 12.5 Å². The molecule has 0 bridgehead atoms. The van der Waals surface area contributed by atoms with Gasteiger partial charge in [-0.25, -0.2) is 0 Å². The van der Waals surface area contributed by atoms with Crippen LogP contribution in [0, 0.1) is 0 Å². The van der Waals surface area contributed by atoms with Crippen molar-refractivity contribution in [2.24, 2.45) is 0 Å². The van der Waals surface area contributed by atoms with Crippen LogP contribution in [0.2, 0.25) is 0 Å². The second kappa shape index (κ2) is 9.05. The van der Waals surface area contributed by atoms with E-state index in [1.165, 1.54) is 24.8 Å². The number of hydrogen-bond acceptors (Lipinski definition) is 5. The second-order valence-electron chi connectivity index (χ2n) is 6.42. The predicted octanol–water partition coefficient (Wildman–Crippen LogP) is 3.72. The molecule has 5 nitrogen and oxygen atoms in total. The maximum atomic E-state index is 12.8. The number of carbonyl (C=O) groups is 1. The zero-order valence-corrected chi connectivity index (χ0v) is 16.2. The maximum absolute atomic E-state index is 12.8. The second-order valence-corrected chi connectivity index (χ2v) is 7.20. The molecule has 1 fully saturated rings. The molecule has 1 N–H and O–H groups in total. The Bertz CT molecular complexity index is 712. The minimum Gasteiger partial charge on any atom is -0.493 e. The molecule has 6 heteroatoms. The average molecular weight is 375 g/mol. The Kier molecular flexibility index (Phi) is 6.52. The number of likely N-dealkylation sites (tertiary alicyclic amines) is 1. The van der Waals surface area contributed by atoms with Crippen molar-refractivity contribution in [1.82, 2.24) is 10.2 Å². The lowest BCUT2D eigenvalue weighted by atomic mass is 10.0. The highest BCUT2D eigenvalue weighted by Gasteiger charge is 2.24. The smallest absolute Gasteiger partial charge is 0.255 e. The molecule has 140 valence electrons. The van der Waals surface area contributed by atoms with Crippen LogP contribution in [0.3, 0.4) is 0 Å². The van der Waals surface area contributed by atoms with E-state index in [1.54, 1.807) is 43.8 Å². The van der Waals surface area contributed by atoms with Gasteiger partial charge in [-0.3, -0.25) is 9.69 Å². The highest BCUT2D eigenvalue weighted by atomic mass is 32.1. The molecule has 2 heterocycles. The van der Waals surface area contributed by atoms with Gasteiger partial charge >= 0.3 is 0 Å². The quantitative estimate of drug-likeness (QED) is 0.802. The first kappa shape index (κ1) is 18.7. The average Bonchev–Trinajstić information content (AvgIpc) is 3.22. The molecular weight excluding hydrogens is 348 g/mol. The van der Waals surface area contributed by atoms with Gasteiger partial charge in [0.2, 0.25) is 0 Å². The number of rotatable bonds is 7. The summed E-state index contributed by atoms with van der Waals surface area (Å²) in [6.07, 6.45) is 3.73. The first-order valence-corrected chi connectivity index (χ1v) is 9.94. The van der Waals surface area contributed by atoms with Gasteiger partial charge in [0.05, 0.1) is 25.8 Å². The summed E-state index contributed by atoms with van der Waals surface area (Å²) in [6.45, 7) is 2.74. The van der Waals surface area contributed by atoms with Crippen molar-refractivity contribution in [3.8, 4) is 11.5 Å². The van der Waals surface area contributed by atoms with Crippen LogP contribution < -0.4 is 14.8 Å². The van der Waals surface area contributed by atoms with E-state index in [0.717, 1.165) is 13.1 Å². The fourth-order valence-corrected chi connectivity index (χ4v) is 4.21. The Balaban J connectivity index is 1.74. The highest BCUT2D eigenvalue weighted by molar-refractivity contribution is 7.07. The van der Waals surface area contributed by atoms with E-state index in [0.29, 0.717) is 23.6 Å². The Hall–Kier alpha value is -2.05. The fourth-order valence-electron chi connectivity index (χ4n) is 3.50. The first-order chi connectivity index (χ1) is 12.7. The van der Waals surface area contributed by atoms with Crippen molar-refractivity contribution in [1.29, 1.82) is 0 Å². The number of benzene rings is 1. The van der Waals surface area contributed by atoms with Crippen molar-refractivity contribution in [2.75, 3.05) is 33.9 Å². The van der Waals surface area contributed by atoms with Gasteiger partial charge in [0.1, 0.15) is 0 Å². The van der Waals surface area contributed by atoms with E-state index in [9.17, 15) is 4.79 Å². The van der Waals surface area contributed by atoms with Crippen molar-refractivity contribution in [2.45, 2.75) is 25.3 Å². The minimum atomic E-state index is -0.141. The summed E-state index contributed by atoms with van der Waals surface area (Å²) >= 11 is 1.70. The van der Waals surface area contributed by atoms with Crippen molar-refractivity contribution in [3.05, 3.63) is 46.2 Å². The number of methoxy groups -OCH3 is 2. The lowest BCUT2D eigenvalue weighted by Crippen LogP contribution is -2.40. The van der Waals surface area contributed by atoms with Crippen LogP contribution >= 0.6 is 11.3 Å². The molecule has 1 aromatic carbocycles. The molecule has 1 aliphatic rings. The Morgan fingerprint density at radius 3 is 2.65 bits per heavy atom. The van der Waals surface area contributed by atoms with E-state index in [4.69, 9.17) is 9.47 Å². The van der Waals surface area contributed by atoms with Gasteiger partial charge in [0, 0.05) is 6.54 Å². The van der Waals surface area contributed by atoms with Gasteiger partial charge < -0.3 is 14.8 Å². The van der Waals surface area contributed by atoms with Gasteiger partial charge in [-0.05, 0) is 60.5 Å². The number of carbonyl (C=O) groups excluding carboxylic acids is 1. The standard InChI is InChI=1S/C20H26N2O3S/c1-24-18-8-6-7-16(19(18)25-2)20(23)21-13-17(15-9-12-26-14-15)22-10-4-3-5-11-22/h6-9,12,14,17H,3-5,10-11,13H2,1-2H3,(H,21,23). The Labute approximate surface area is 158 Å². The van der Waals surface area contributed by atoms with Crippen molar-refractivity contribution >= 4 is 17.2 Å². The molecule has 26 heavy (non-hydrogen) atoms. The highest BCUT2D eigenvalue weighted by Crippen LogP contribution is 2.31. The van der Waals surface area contributed by atoms with Gasteiger partial charge in [-0.2, -0.15) is 11.3 Å². The van der Waals surface area contributed by atoms with Crippen LogP contribution in [0.1, 0.15) is 41.2 Å². The Morgan fingerprint density at radius 1 is 1.19 bits per heavy atom. The monoisotopic (exact) mass is 374 g/mol. The third-order valence-electron chi connectivity index (χ3n) is 4.86. The largest absolute Gasteiger partial charge is 0.493 e. The number of piperidine rings is 1. The van der Waals surface area contributed by atoms with E-state index < -0.39 is 0 Å². The summed E-state index contributed by atoms with van der Waals surface area (Å²) in [4.78, 5) is 15.3. The van der Waals surface area contributed by atoms with Crippen molar-refractivity contribution in [3.63, 3.8) is 0 Å². The third kappa shape index (κ3) is 4.19. The molecular formula is C20H26N2O3S. The van der Waals surface area contributed by atoms with E-state index >= 15 is 0 Å². The fraction of sp³-hybridized carbons (Fsp3) is 0.450. The molecule has 1 atom stereocenters. The lowest BCUT2D eigenvalue weighted by molar-refractivity contribution is 0.0921. The summed E-state index contributed by atoms with van der Waals surface area (Å²) in [5, 5.41) is 7.37. The maximum Gasteiger partial charge on any atom is 0.255 e. The summed E-state index contributed by atoms with van der Waals surface area (Å²) in [5.41, 5.74) is 1.77. The van der Waals surface area contributed by atoms with Crippen LogP contribution in [-0.2, 0) is 0 Å². The lowest BCUT2D eigenvalue weighted by Gasteiger charge is -2.34. The molecule has 0 radical (unpaired) electrons. The minimum absolute atomic E-state index is 0.141. The van der Waals surface area contributed by atoms with Crippen LogP contribution in [0.5, 0.6) is 11.5 Å². The SMILES string of the molecule is COc1cccc(C(=O)NCC(c2ccsc2)N2CCCCC2)c1OC. The molecule has 1 saturated heterocycles. The summed E-state index contributed by atoms with van der Waals surface area (Å²) in [5.74, 6) is 0.890. The number of nitrogens with one attached hydrogen (secondary N) is 1. The summed E-state index contributed by atoms with van der Waals surface area (Å²) in [7, 11) is 3.12. The molecule has 1 aliphatic heterocycles. The van der Waals surface area contributed by atoms with Gasteiger partial charge in [0.25, 0.3) is 5.91 Å². The van der Waals surface area contributed by atoms with Crippen LogP contribution in [-0.4, -0.2) is 44.7 Å². The van der Waals surface area contributed by atoms with Gasteiger partial charge in [0.15, 0.2) is 11.5 Å². The topological polar surface area (TPSA) is 50.8 Å². The molecule has 0 aliphatic carbocycles. The molecule has 1 amide bonds. The predicted molar refractivity (Wildman–Crippen MR) is 104 cm³/mol. The van der Waals surface area contributed by atoms with Crippen LogP contribution in [0.4, 0.5) is 0 Å². The van der Waals surface area contributed by atoms with Gasteiger partial charge in [-0.15, -0.1) is 0 Å². The summed E-state index contributed by atoms with van der Waals surface area (Å²) < 4.78 is 10.7. The molecule has 1 unspecified atom stereocenters. The molecule has 1 aromatic heterocycles. The molecule has 3 rings (SSSR count).